The normalized spacial score (nSPS) is 22.0. The Morgan fingerprint density at radius 1 is 0.611 bits per heavy atom. The fourth-order valence-electron chi connectivity index (χ4n) is 2.57. The van der Waals surface area contributed by atoms with Gasteiger partial charge in [-0.1, -0.05) is 12.8 Å². The molecule has 4 nitrogen and oxygen atoms in total. The number of piperidine rings is 2. The predicted molar refractivity (Wildman–Crippen MR) is 72.9 cm³/mol. The molecule has 100 valence electrons. The summed E-state index contributed by atoms with van der Waals surface area (Å²) in [6.45, 7) is 5.28. The van der Waals surface area contributed by atoms with Crippen LogP contribution in [0.25, 0.3) is 0 Å². The maximum absolute atomic E-state index is 3.67. The number of hydrogen-bond acceptors (Lipinski definition) is 4. The van der Waals surface area contributed by atoms with Gasteiger partial charge in [0.25, 0.3) is 0 Å². The van der Waals surface area contributed by atoms with Gasteiger partial charge in [-0.15, -0.1) is 0 Å². The van der Waals surface area contributed by atoms with E-state index in [2.05, 4.69) is 20.0 Å². The summed E-state index contributed by atoms with van der Waals surface area (Å²) in [5.41, 5.74) is 0. The van der Waals surface area contributed by atoms with Crippen LogP contribution in [-0.2, 0) is 0 Å². The van der Waals surface area contributed by atoms with Gasteiger partial charge in [0.15, 0.2) is 0 Å². The second-order valence-electron chi connectivity index (χ2n) is 4.93. The van der Waals surface area contributed by atoms with Crippen molar-refractivity contribution in [2.24, 2.45) is 0 Å². The lowest BCUT2D eigenvalue weighted by molar-refractivity contribution is -0.0518. The zero-order valence-corrected chi connectivity index (χ0v) is 11.2. The fraction of sp³-hybridized carbons (Fsp3) is 0.714. The molecule has 0 N–H and O–H groups in total. The number of nitrogens with zero attached hydrogens (tertiary/aromatic N) is 4. The Morgan fingerprint density at radius 3 is 1.33 bits per heavy atom. The van der Waals surface area contributed by atoms with Crippen molar-refractivity contribution in [1.82, 2.24) is 20.0 Å². The van der Waals surface area contributed by atoms with E-state index in [9.17, 15) is 0 Å². The molecule has 1 aromatic rings. The highest BCUT2D eigenvalue weighted by Crippen LogP contribution is 2.16. The maximum atomic E-state index is 3.67. The van der Waals surface area contributed by atoms with Gasteiger partial charge in [0.1, 0.15) is 6.33 Å². The summed E-state index contributed by atoms with van der Waals surface area (Å²) in [5, 5.41) is 5.17. The van der Waals surface area contributed by atoms with Gasteiger partial charge in [-0.3, -0.25) is 0 Å². The molecule has 3 heterocycles. The Hall–Kier alpha value is -1.00. The van der Waals surface area contributed by atoms with Crippen molar-refractivity contribution in [1.29, 1.82) is 0 Å². The smallest absolute Gasteiger partial charge is 0.115 e. The standard InChI is InChI=1S/C10H20N2.C4H4N2/c1-3-7-11(8-4-1)12-9-5-2-6-10-12;1-2-5-4-6-3-1/h1-10H2;1-4H. The van der Waals surface area contributed by atoms with Crippen LogP contribution in [0.2, 0.25) is 0 Å². The van der Waals surface area contributed by atoms with Gasteiger partial charge < -0.3 is 0 Å². The first-order valence-electron chi connectivity index (χ1n) is 7.16. The molecule has 1 aromatic heterocycles. The van der Waals surface area contributed by atoms with E-state index in [-0.39, 0.29) is 0 Å². The molecule has 0 atom stereocenters. The Kier molecular flexibility index (Phi) is 6.09. The molecular weight excluding hydrogens is 224 g/mol. The van der Waals surface area contributed by atoms with Crippen LogP contribution in [0.5, 0.6) is 0 Å². The monoisotopic (exact) mass is 248 g/mol. The van der Waals surface area contributed by atoms with Gasteiger partial charge in [-0.05, 0) is 31.7 Å². The molecule has 0 aromatic carbocycles. The van der Waals surface area contributed by atoms with Gasteiger partial charge in [0, 0.05) is 38.6 Å². The van der Waals surface area contributed by atoms with Crippen LogP contribution < -0.4 is 0 Å². The second-order valence-corrected chi connectivity index (χ2v) is 4.93. The van der Waals surface area contributed by atoms with Gasteiger partial charge in [-0.2, -0.15) is 0 Å². The summed E-state index contributed by atoms with van der Waals surface area (Å²) in [5.74, 6) is 0. The van der Waals surface area contributed by atoms with Crippen LogP contribution in [0.15, 0.2) is 24.8 Å². The third-order valence-corrected chi connectivity index (χ3v) is 3.54. The second kappa shape index (κ2) is 8.16. The van der Waals surface area contributed by atoms with Crippen LogP contribution in [0, 0.1) is 0 Å². The van der Waals surface area contributed by atoms with E-state index < -0.39 is 0 Å². The lowest BCUT2D eigenvalue weighted by atomic mass is 10.1. The van der Waals surface area contributed by atoms with Gasteiger partial charge in [0.2, 0.25) is 0 Å². The zero-order valence-electron chi connectivity index (χ0n) is 11.2. The van der Waals surface area contributed by atoms with E-state index in [0.717, 1.165) is 0 Å². The van der Waals surface area contributed by atoms with Crippen molar-refractivity contribution in [3.63, 3.8) is 0 Å². The van der Waals surface area contributed by atoms with Crippen LogP contribution in [0.3, 0.4) is 0 Å². The topological polar surface area (TPSA) is 32.3 Å². The molecule has 0 unspecified atom stereocenters. The van der Waals surface area contributed by atoms with Crippen LogP contribution in [0.4, 0.5) is 0 Å². The summed E-state index contributed by atoms with van der Waals surface area (Å²) < 4.78 is 0. The number of hydrazine groups is 1. The molecule has 0 amide bonds. The van der Waals surface area contributed by atoms with E-state index >= 15 is 0 Å². The third kappa shape index (κ3) is 4.70. The van der Waals surface area contributed by atoms with Gasteiger partial charge in [0.05, 0.1) is 0 Å². The van der Waals surface area contributed by atoms with Crippen LogP contribution in [-0.4, -0.2) is 46.2 Å². The predicted octanol–water partition coefficient (Wildman–Crippen LogP) is 2.35. The van der Waals surface area contributed by atoms with Gasteiger partial charge in [-0.25, -0.2) is 20.0 Å². The van der Waals surface area contributed by atoms with E-state index in [1.807, 2.05) is 0 Å². The number of hydrogen-bond donors (Lipinski definition) is 0. The molecule has 0 spiro atoms. The molecule has 2 aliphatic heterocycles. The van der Waals surface area contributed by atoms with Crippen molar-refractivity contribution in [3.8, 4) is 0 Å². The van der Waals surface area contributed by atoms with Crippen molar-refractivity contribution >= 4 is 0 Å². The molecule has 0 radical (unpaired) electrons. The third-order valence-electron chi connectivity index (χ3n) is 3.54. The lowest BCUT2D eigenvalue weighted by Crippen LogP contribution is -2.47. The highest BCUT2D eigenvalue weighted by Gasteiger charge is 2.19. The molecule has 4 heteroatoms. The Bertz CT molecular complexity index is 249. The minimum atomic E-state index is 1.32. The lowest BCUT2D eigenvalue weighted by Gasteiger charge is -2.39. The van der Waals surface area contributed by atoms with E-state index in [4.69, 9.17) is 0 Å². The molecule has 0 aliphatic carbocycles. The van der Waals surface area contributed by atoms with Crippen molar-refractivity contribution in [3.05, 3.63) is 24.8 Å². The van der Waals surface area contributed by atoms with Crippen LogP contribution >= 0.6 is 0 Å². The molecule has 2 aliphatic rings. The van der Waals surface area contributed by atoms with Crippen molar-refractivity contribution in [2.45, 2.75) is 38.5 Å². The molecule has 0 bridgehead atoms. The maximum Gasteiger partial charge on any atom is 0.115 e. The Balaban J connectivity index is 0.000000169. The average Bonchev–Trinajstić information content (AvgIpc) is 2.51. The van der Waals surface area contributed by atoms with Crippen molar-refractivity contribution in [2.75, 3.05) is 26.2 Å². The molecular formula is C14H24N4. The van der Waals surface area contributed by atoms with E-state index in [1.54, 1.807) is 18.5 Å². The molecule has 3 rings (SSSR count). The minimum Gasteiger partial charge on any atom is -0.245 e. The SMILES string of the molecule is C1CCN(N2CCCCC2)CC1.c1cncnc1. The summed E-state index contributed by atoms with van der Waals surface area (Å²) in [6, 6.07) is 1.78. The summed E-state index contributed by atoms with van der Waals surface area (Å²) in [7, 11) is 0. The summed E-state index contributed by atoms with van der Waals surface area (Å²) in [6.07, 6.45) is 13.4. The highest BCUT2D eigenvalue weighted by atomic mass is 15.6. The van der Waals surface area contributed by atoms with Crippen molar-refractivity contribution < 1.29 is 0 Å². The Morgan fingerprint density at radius 2 is 1.06 bits per heavy atom. The van der Waals surface area contributed by atoms with Crippen LogP contribution in [0.1, 0.15) is 38.5 Å². The first-order chi connectivity index (χ1) is 8.97. The average molecular weight is 248 g/mol. The largest absolute Gasteiger partial charge is 0.245 e. The quantitative estimate of drug-likeness (QED) is 0.763. The first-order valence-corrected chi connectivity index (χ1v) is 7.16. The fourth-order valence-corrected chi connectivity index (χ4v) is 2.57. The van der Waals surface area contributed by atoms with E-state index in [1.165, 1.54) is 71.0 Å². The van der Waals surface area contributed by atoms with E-state index in [0.29, 0.717) is 0 Å². The minimum absolute atomic E-state index is 1.32. The number of aromatic nitrogens is 2. The van der Waals surface area contributed by atoms with Gasteiger partial charge >= 0.3 is 0 Å². The molecule has 18 heavy (non-hydrogen) atoms. The molecule has 2 saturated heterocycles. The first kappa shape index (κ1) is 13.4. The highest BCUT2D eigenvalue weighted by molar-refractivity contribution is 4.74. The zero-order chi connectivity index (χ0) is 12.5. The molecule has 2 fully saturated rings. The Labute approximate surface area is 110 Å². The summed E-state index contributed by atoms with van der Waals surface area (Å²) in [4.78, 5) is 7.35. The summed E-state index contributed by atoms with van der Waals surface area (Å²) >= 11 is 0. The molecule has 0 saturated carbocycles. The number of rotatable bonds is 1.